The summed E-state index contributed by atoms with van der Waals surface area (Å²) in [6.45, 7) is 6.14. The van der Waals surface area contributed by atoms with E-state index in [-0.39, 0.29) is 0 Å². The Morgan fingerprint density at radius 3 is 2.74 bits per heavy atom. The van der Waals surface area contributed by atoms with Crippen LogP contribution in [0.3, 0.4) is 0 Å². The van der Waals surface area contributed by atoms with E-state index in [2.05, 4.69) is 25.6 Å². The molecule has 5 nitrogen and oxygen atoms in total. The van der Waals surface area contributed by atoms with E-state index in [0.717, 1.165) is 35.0 Å². The van der Waals surface area contributed by atoms with Crippen molar-refractivity contribution in [3.63, 3.8) is 0 Å². The SMILES string of the molecule is Cc1sc(Br)cc1S(=O)(=O)NCCN1CCOCC1. The van der Waals surface area contributed by atoms with Gasteiger partial charge in [0.05, 0.1) is 21.9 Å². The number of hydrogen-bond acceptors (Lipinski definition) is 5. The van der Waals surface area contributed by atoms with Crippen molar-refractivity contribution < 1.29 is 13.2 Å². The van der Waals surface area contributed by atoms with Gasteiger partial charge in [-0.1, -0.05) is 0 Å². The van der Waals surface area contributed by atoms with E-state index >= 15 is 0 Å². The van der Waals surface area contributed by atoms with Gasteiger partial charge in [-0.05, 0) is 28.9 Å². The van der Waals surface area contributed by atoms with Crippen molar-refractivity contribution in [1.82, 2.24) is 9.62 Å². The van der Waals surface area contributed by atoms with E-state index < -0.39 is 10.0 Å². The van der Waals surface area contributed by atoms with Crippen molar-refractivity contribution in [2.24, 2.45) is 0 Å². The molecule has 1 fully saturated rings. The molecule has 1 aromatic heterocycles. The minimum atomic E-state index is -3.40. The van der Waals surface area contributed by atoms with Gasteiger partial charge in [0, 0.05) is 31.1 Å². The molecule has 108 valence electrons. The summed E-state index contributed by atoms with van der Waals surface area (Å²) in [6, 6.07) is 1.65. The van der Waals surface area contributed by atoms with Crippen LogP contribution in [0.5, 0.6) is 0 Å². The first kappa shape index (κ1) is 15.4. The summed E-state index contributed by atoms with van der Waals surface area (Å²) in [5.41, 5.74) is 0. The third-order valence-corrected chi connectivity index (χ3v) is 6.23. The number of hydrogen-bond donors (Lipinski definition) is 1. The van der Waals surface area contributed by atoms with Crippen LogP contribution in [0.4, 0.5) is 0 Å². The smallest absolute Gasteiger partial charge is 0.241 e. The molecule has 1 saturated heterocycles. The lowest BCUT2D eigenvalue weighted by molar-refractivity contribution is 0.0390. The molecule has 0 bridgehead atoms. The molecule has 0 unspecified atom stereocenters. The molecule has 1 aliphatic rings. The minimum Gasteiger partial charge on any atom is -0.379 e. The maximum Gasteiger partial charge on any atom is 0.241 e. The molecule has 2 rings (SSSR count). The first-order chi connectivity index (χ1) is 8.99. The summed E-state index contributed by atoms with van der Waals surface area (Å²) < 4.78 is 33.0. The molecule has 2 heterocycles. The number of nitrogens with zero attached hydrogens (tertiary/aromatic N) is 1. The molecule has 0 aromatic carbocycles. The fourth-order valence-corrected chi connectivity index (χ4v) is 5.37. The van der Waals surface area contributed by atoms with E-state index in [1.807, 2.05) is 6.92 Å². The van der Waals surface area contributed by atoms with Gasteiger partial charge in [-0.3, -0.25) is 4.90 Å². The molecular weight excluding hydrogens is 352 g/mol. The van der Waals surface area contributed by atoms with Crippen molar-refractivity contribution >= 4 is 37.3 Å². The van der Waals surface area contributed by atoms with Crippen LogP contribution in [-0.2, 0) is 14.8 Å². The molecule has 0 spiro atoms. The molecule has 0 atom stereocenters. The number of ether oxygens (including phenoxy) is 1. The van der Waals surface area contributed by atoms with Gasteiger partial charge in [-0.25, -0.2) is 13.1 Å². The van der Waals surface area contributed by atoms with E-state index in [1.54, 1.807) is 6.07 Å². The maximum atomic E-state index is 12.1. The molecule has 1 N–H and O–H groups in total. The van der Waals surface area contributed by atoms with Crippen LogP contribution in [0.15, 0.2) is 14.7 Å². The Bertz CT molecular complexity index is 524. The topological polar surface area (TPSA) is 58.6 Å². The number of aryl methyl sites for hydroxylation is 1. The Kier molecular flexibility index (Phi) is 5.38. The average molecular weight is 369 g/mol. The van der Waals surface area contributed by atoms with Gasteiger partial charge in [0.25, 0.3) is 0 Å². The third kappa shape index (κ3) is 4.24. The quantitative estimate of drug-likeness (QED) is 0.853. The molecule has 19 heavy (non-hydrogen) atoms. The summed E-state index contributed by atoms with van der Waals surface area (Å²) in [5, 5.41) is 0. The molecule has 0 amide bonds. The molecule has 1 aromatic rings. The Morgan fingerprint density at radius 1 is 1.47 bits per heavy atom. The van der Waals surface area contributed by atoms with Crippen LogP contribution >= 0.6 is 27.3 Å². The van der Waals surface area contributed by atoms with Gasteiger partial charge in [0.2, 0.25) is 10.0 Å². The van der Waals surface area contributed by atoms with Crippen molar-refractivity contribution in [2.75, 3.05) is 39.4 Å². The molecule has 0 saturated carbocycles. The van der Waals surface area contributed by atoms with Gasteiger partial charge in [0.1, 0.15) is 0 Å². The number of rotatable bonds is 5. The average Bonchev–Trinajstić information content (AvgIpc) is 2.70. The first-order valence-corrected chi connectivity index (χ1v) is 9.14. The van der Waals surface area contributed by atoms with Crippen molar-refractivity contribution in [3.05, 3.63) is 14.7 Å². The Balaban J connectivity index is 1.89. The summed E-state index contributed by atoms with van der Waals surface area (Å²) in [6.07, 6.45) is 0. The first-order valence-electron chi connectivity index (χ1n) is 6.05. The van der Waals surface area contributed by atoms with Gasteiger partial charge in [-0.2, -0.15) is 0 Å². The lowest BCUT2D eigenvalue weighted by atomic mass is 10.4. The van der Waals surface area contributed by atoms with E-state index in [1.165, 1.54) is 11.3 Å². The predicted molar refractivity (Wildman–Crippen MR) is 79.2 cm³/mol. The second-order valence-electron chi connectivity index (χ2n) is 4.32. The largest absolute Gasteiger partial charge is 0.379 e. The molecule has 0 aliphatic carbocycles. The lowest BCUT2D eigenvalue weighted by Crippen LogP contribution is -2.41. The van der Waals surface area contributed by atoms with Crippen LogP contribution in [0.1, 0.15) is 4.88 Å². The second kappa shape index (κ2) is 6.64. The van der Waals surface area contributed by atoms with Gasteiger partial charge in [0.15, 0.2) is 0 Å². The molecule has 0 radical (unpaired) electrons. The second-order valence-corrected chi connectivity index (χ2v) is 8.69. The summed E-state index contributed by atoms with van der Waals surface area (Å²) >= 11 is 4.74. The normalized spacial score (nSPS) is 17.8. The van der Waals surface area contributed by atoms with Gasteiger partial charge >= 0.3 is 0 Å². The number of morpholine rings is 1. The highest BCUT2D eigenvalue weighted by Crippen LogP contribution is 2.29. The zero-order chi connectivity index (χ0) is 13.9. The van der Waals surface area contributed by atoms with Gasteiger partial charge in [-0.15, -0.1) is 11.3 Å². The third-order valence-electron chi connectivity index (χ3n) is 2.96. The highest BCUT2D eigenvalue weighted by molar-refractivity contribution is 9.11. The minimum absolute atomic E-state index is 0.367. The monoisotopic (exact) mass is 368 g/mol. The highest BCUT2D eigenvalue weighted by Gasteiger charge is 2.19. The molecular formula is C11H17BrN2O3S2. The molecule has 1 aliphatic heterocycles. The van der Waals surface area contributed by atoms with Crippen LogP contribution < -0.4 is 4.72 Å². The summed E-state index contributed by atoms with van der Waals surface area (Å²) in [4.78, 5) is 3.36. The van der Waals surface area contributed by atoms with Crippen LogP contribution in [0.2, 0.25) is 0 Å². The van der Waals surface area contributed by atoms with Gasteiger partial charge < -0.3 is 4.74 Å². The Morgan fingerprint density at radius 2 is 2.16 bits per heavy atom. The predicted octanol–water partition coefficient (Wildman–Crippen LogP) is 1.43. The summed E-state index contributed by atoms with van der Waals surface area (Å²) in [5.74, 6) is 0. The fourth-order valence-electron chi connectivity index (χ4n) is 1.94. The number of thiophene rings is 1. The van der Waals surface area contributed by atoms with Crippen molar-refractivity contribution in [2.45, 2.75) is 11.8 Å². The number of sulfonamides is 1. The van der Waals surface area contributed by atoms with Crippen LogP contribution in [0, 0.1) is 6.92 Å². The number of nitrogens with one attached hydrogen (secondary N) is 1. The number of halogens is 1. The van der Waals surface area contributed by atoms with Crippen LogP contribution in [-0.4, -0.2) is 52.7 Å². The fraction of sp³-hybridized carbons (Fsp3) is 0.636. The van der Waals surface area contributed by atoms with Crippen molar-refractivity contribution in [3.8, 4) is 0 Å². The zero-order valence-electron chi connectivity index (χ0n) is 10.7. The lowest BCUT2D eigenvalue weighted by Gasteiger charge is -2.26. The standard InChI is InChI=1S/C11H17BrN2O3S2/c1-9-10(8-11(12)18-9)19(15,16)13-2-3-14-4-6-17-7-5-14/h8,13H,2-7H2,1H3. The van der Waals surface area contributed by atoms with E-state index in [0.29, 0.717) is 18.0 Å². The van der Waals surface area contributed by atoms with Crippen LogP contribution in [0.25, 0.3) is 0 Å². The van der Waals surface area contributed by atoms with E-state index in [4.69, 9.17) is 4.74 Å². The zero-order valence-corrected chi connectivity index (χ0v) is 13.9. The van der Waals surface area contributed by atoms with Crippen molar-refractivity contribution in [1.29, 1.82) is 0 Å². The molecule has 8 heteroatoms. The highest BCUT2D eigenvalue weighted by atomic mass is 79.9. The summed E-state index contributed by atoms with van der Waals surface area (Å²) in [7, 11) is -3.40. The van der Waals surface area contributed by atoms with E-state index in [9.17, 15) is 8.42 Å². The Labute approximate surface area is 126 Å². The maximum absolute atomic E-state index is 12.1. The Hall–Kier alpha value is 0.01000.